The van der Waals surface area contributed by atoms with Crippen molar-refractivity contribution in [2.24, 2.45) is 4.99 Å². The molecule has 2 heterocycles. The first-order valence-electron chi connectivity index (χ1n) is 6.94. The van der Waals surface area contributed by atoms with Gasteiger partial charge >= 0.3 is 0 Å². The molecule has 3 aromatic rings. The maximum Gasteiger partial charge on any atom is 0.136 e. The highest BCUT2D eigenvalue weighted by Crippen LogP contribution is 2.32. The molecule has 1 aliphatic heterocycles. The van der Waals surface area contributed by atoms with Gasteiger partial charge in [0.15, 0.2) is 0 Å². The molecule has 4 heteroatoms. The lowest BCUT2D eigenvalue weighted by molar-refractivity contribution is 0.957. The van der Waals surface area contributed by atoms with Crippen molar-refractivity contribution in [3.05, 3.63) is 83.6 Å². The molecule has 2 aromatic carbocycles. The quantitative estimate of drug-likeness (QED) is 0.550. The molecule has 22 heavy (non-hydrogen) atoms. The van der Waals surface area contributed by atoms with E-state index in [1.807, 2.05) is 54.7 Å². The zero-order chi connectivity index (χ0) is 15.1. The third kappa shape index (κ3) is 2.03. The largest absolute Gasteiger partial charge is 0.311 e. The third-order valence-corrected chi connectivity index (χ3v) is 4.49. The van der Waals surface area contributed by atoms with Gasteiger partial charge in [-0.1, -0.05) is 60.7 Å². The van der Waals surface area contributed by atoms with Crippen LogP contribution in [-0.2, 0) is 0 Å². The van der Waals surface area contributed by atoms with Crippen molar-refractivity contribution in [3.8, 4) is 5.69 Å². The van der Waals surface area contributed by atoms with Crippen LogP contribution in [0.2, 0.25) is 0 Å². The number of rotatable bonds is 2. The molecular formula is C18H12N2S2. The Balaban J connectivity index is 1.91. The minimum absolute atomic E-state index is 0.624. The second kappa shape index (κ2) is 5.23. The average Bonchev–Trinajstić information content (AvgIpc) is 3.08. The summed E-state index contributed by atoms with van der Waals surface area (Å²) < 4.78 is 2.05. The van der Waals surface area contributed by atoms with Crippen molar-refractivity contribution in [1.29, 1.82) is 0 Å². The Kier molecular flexibility index (Phi) is 3.21. The van der Waals surface area contributed by atoms with E-state index in [1.54, 1.807) is 0 Å². The molecule has 0 radical (unpaired) electrons. The Morgan fingerprint density at radius 1 is 0.909 bits per heavy atom. The van der Waals surface area contributed by atoms with E-state index in [0.717, 1.165) is 33.1 Å². The summed E-state index contributed by atoms with van der Waals surface area (Å²) in [5, 5.41) is 0.864. The number of fused-ring (bicyclic) bond motifs is 1. The summed E-state index contributed by atoms with van der Waals surface area (Å²) in [5.41, 5.74) is 5.02. The van der Waals surface area contributed by atoms with Crippen molar-refractivity contribution < 1.29 is 0 Å². The van der Waals surface area contributed by atoms with Gasteiger partial charge in [-0.15, -0.1) is 12.6 Å². The molecule has 1 aromatic heterocycles. The molecule has 4 rings (SSSR count). The lowest BCUT2D eigenvalue weighted by atomic mass is 10.0. The summed E-state index contributed by atoms with van der Waals surface area (Å²) in [5.74, 6) is 0. The minimum atomic E-state index is 0.624. The summed E-state index contributed by atoms with van der Waals surface area (Å²) in [7, 11) is 0. The van der Waals surface area contributed by atoms with Crippen LogP contribution in [0.3, 0.4) is 0 Å². The number of hydrogen-bond acceptors (Lipinski definition) is 2. The van der Waals surface area contributed by atoms with Crippen molar-refractivity contribution in [3.63, 3.8) is 0 Å². The second-order valence-electron chi connectivity index (χ2n) is 5.08. The number of aromatic nitrogens is 1. The summed E-state index contributed by atoms with van der Waals surface area (Å²) in [4.78, 5) is 5.19. The van der Waals surface area contributed by atoms with Gasteiger partial charge < -0.3 is 4.57 Å². The van der Waals surface area contributed by atoms with Gasteiger partial charge in [-0.3, -0.25) is 0 Å². The van der Waals surface area contributed by atoms with E-state index >= 15 is 0 Å². The van der Waals surface area contributed by atoms with Crippen molar-refractivity contribution in [1.82, 2.24) is 4.57 Å². The zero-order valence-corrected chi connectivity index (χ0v) is 13.3. The van der Waals surface area contributed by atoms with Gasteiger partial charge in [-0.05, 0) is 12.1 Å². The lowest BCUT2D eigenvalue weighted by Crippen LogP contribution is -2.02. The predicted molar refractivity (Wildman–Crippen MR) is 96.8 cm³/mol. The molecule has 0 fully saturated rings. The van der Waals surface area contributed by atoms with E-state index in [0.29, 0.717) is 4.99 Å². The van der Waals surface area contributed by atoms with Gasteiger partial charge in [0.2, 0.25) is 0 Å². The van der Waals surface area contributed by atoms with Gasteiger partial charge in [0, 0.05) is 28.6 Å². The van der Waals surface area contributed by atoms with E-state index < -0.39 is 0 Å². The van der Waals surface area contributed by atoms with Crippen LogP contribution in [0.4, 0.5) is 0 Å². The first kappa shape index (κ1) is 13.5. The first-order chi connectivity index (χ1) is 10.8. The number of thiol groups is 1. The van der Waals surface area contributed by atoms with Crippen molar-refractivity contribution in [2.75, 3.05) is 0 Å². The van der Waals surface area contributed by atoms with Crippen LogP contribution >= 0.6 is 24.8 Å². The van der Waals surface area contributed by atoms with Crippen LogP contribution in [0, 0.1) is 0 Å². The predicted octanol–water partition coefficient (Wildman–Crippen LogP) is 4.29. The van der Waals surface area contributed by atoms with Crippen LogP contribution in [-0.4, -0.2) is 15.3 Å². The SMILES string of the molecule is S=C1N=C(c2ccccc2)c2c1cn(-c1ccccc1)c2S. The molecule has 0 unspecified atom stereocenters. The minimum Gasteiger partial charge on any atom is -0.311 e. The fourth-order valence-electron chi connectivity index (χ4n) is 2.70. The Labute approximate surface area is 139 Å². The lowest BCUT2D eigenvalue weighted by Gasteiger charge is -2.07. The van der Waals surface area contributed by atoms with Gasteiger partial charge in [0.1, 0.15) is 4.99 Å². The maximum atomic E-state index is 5.44. The normalized spacial score (nSPS) is 13.1. The van der Waals surface area contributed by atoms with Gasteiger partial charge in [-0.25, -0.2) is 4.99 Å². The molecule has 106 valence electrons. The van der Waals surface area contributed by atoms with E-state index in [9.17, 15) is 0 Å². The van der Waals surface area contributed by atoms with Crippen molar-refractivity contribution >= 4 is 35.5 Å². The Hall–Kier alpha value is -2.17. The molecule has 0 bridgehead atoms. The molecule has 0 saturated carbocycles. The van der Waals surface area contributed by atoms with E-state index in [4.69, 9.17) is 24.8 Å². The van der Waals surface area contributed by atoms with Crippen LogP contribution in [0.25, 0.3) is 5.69 Å². The van der Waals surface area contributed by atoms with Crippen LogP contribution in [0.5, 0.6) is 0 Å². The molecule has 0 N–H and O–H groups in total. The standard InChI is InChI=1S/C18H12N2S2/c21-17-14-11-20(13-9-5-2-6-10-13)18(22)15(14)16(19-17)12-7-3-1-4-8-12/h1-11,22H. The van der Waals surface area contributed by atoms with Crippen LogP contribution < -0.4 is 0 Å². The smallest absolute Gasteiger partial charge is 0.136 e. The number of nitrogens with zero attached hydrogens (tertiary/aromatic N) is 2. The highest BCUT2D eigenvalue weighted by Gasteiger charge is 2.27. The van der Waals surface area contributed by atoms with E-state index in [2.05, 4.69) is 21.7 Å². The Morgan fingerprint density at radius 2 is 1.55 bits per heavy atom. The highest BCUT2D eigenvalue weighted by atomic mass is 32.1. The molecular weight excluding hydrogens is 308 g/mol. The summed E-state index contributed by atoms with van der Waals surface area (Å²) in [6, 6.07) is 20.2. The van der Waals surface area contributed by atoms with E-state index in [-0.39, 0.29) is 0 Å². The number of aliphatic imine (C=N–C) groups is 1. The molecule has 0 spiro atoms. The molecule has 0 aliphatic carbocycles. The molecule has 2 nitrogen and oxygen atoms in total. The Bertz CT molecular complexity index is 894. The van der Waals surface area contributed by atoms with Gasteiger partial charge in [-0.2, -0.15) is 0 Å². The maximum absolute atomic E-state index is 5.44. The molecule has 1 aliphatic rings. The number of para-hydroxylation sites is 1. The fraction of sp³-hybridized carbons (Fsp3) is 0. The number of hydrogen-bond donors (Lipinski definition) is 1. The average molecular weight is 320 g/mol. The van der Waals surface area contributed by atoms with E-state index in [1.165, 1.54) is 0 Å². The molecule has 0 amide bonds. The number of benzene rings is 2. The summed E-state index contributed by atoms with van der Waals surface area (Å²) in [6.07, 6.45) is 2.02. The summed E-state index contributed by atoms with van der Waals surface area (Å²) >= 11 is 10.2. The molecule has 0 saturated heterocycles. The van der Waals surface area contributed by atoms with Gasteiger partial charge in [0.25, 0.3) is 0 Å². The zero-order valence-electron chi connectivity index (χ0n) is 11.6. The van der Waals surface area contributed by atoms with Crippen LogP contribution in [0.1, 0.15) is 16.7 Å². The fourth-order valence-corrected chi connectivity index (χ4v) is 3.34. The van der Waals surface area contributed by atoms with Gasteiger partial charge in [0.05, 0.1) is 10.7 Å². The Morgan fingerprint density at radius 3 is 2.23 bits per heavy atom. The monoisotopic (exact) mass is 320 g/mol. The molecule has 0 atom stereocenters. The number of thiocarbonyl (C=S) groups is 1. The van der Waals surface area contributed by atoms with Crippen molar-refractivity contribution in [2.45, 2.75) is 5.03 Å². The topological polar surface area (TPSA) is 17.3 Å². The first-order valence-corrected chi connectivity index (χ1v) is 7.80. The third-order valence-electron chi connectivity index (χ3n) is 3.74. The second-order valence-corrected chi connectivity index (χ2v) is 5.89. The highest BCUT2D eigenvalue weighted by molar-refractivity contribution is 7.81. The summed E-state index contributed by atoms with van der Waals surface area (Å²) in [6.45, 7) is 0. The van der Waals surface area contributed by atoms with Crippen LogP contribution in [0.15, 0.2) is 76.9 Å².